The molecule has 2 aromatic carbocycles. The molecule has 3 N–H and O–H groups in total. The second-order valence-corrected chi connectivity index (χ2v) is 6.29. The van der Waals surface area contributed by atoms with Crippen molar-refractivity contribution >= 4 is 11.9 Å². The van der Waals surface area contributed by atoms with Crippen LogP contribution in [0, 0.1) is 5.92 Å². The van der Waals surface area contributed by atoms with E-state index in [1.807, 2.05) is 74.5 Å². The average molecular weight is 339 g/mol. The predicted molar refractivity (Wildman–Crippen MR) is 99.1 cm³/mol. The SMILES string of the molecule is CC(C)CNC(=O)NC(=O)CNC(c1ccccc1)c1ccccc1. The van der Waals surface area contributed by atoms with Gasteiger partial charge in [0, 0.05) is 6.54 Å². The van der Waals surface area contributed by atoms with Gasteiger partial charge in [-0.2, -0.15) is 0 Å². The molecular formula is C20H25N3O2. The molecule has 25 heavy (non-hydrogen) atoms. The summed E-state index contributed by atoms with van der Waals surface area (Å²) in [5.41, 5.74) is 2.12. The zero-order valence-electron chi connectivity index (χ0n) is 14.7. The highest BCUT2D eigenvalue weighted by Gasteiger charge is 2.15. The maximum absolute atomic E-state index is 12.0. The lowest BCUT2D eigenvalue weighted by molar-refractivity contribution is -0.119. The van der Waals surface area contributed by atoms with Gasteiger partial charge in [0.15, 0.2) is 0 Å². The molecule has 2 rings (SSSR count). The van der Waals surface area contributed by atoms with Crippen LogP contribution in [-0.4, -0.2) is 25.0 Å². The fraction of sp³-hybridized carbons (Fsp3) is 0.300. The first-order valence-electron chi connectivity index (χ1n) is 8.47. The van der Waals surface area contributed by atoms with E-state index in [1.54, 1.807) is 0 Å². The van der Waals surface area contributed by atoms with Gasteiger partial charge in [-0.3, -0.25) is 15.4 Å². The van der Waals surface area contributed by atoms with Gasteiger partial charge in [0.05, 0.1) is 12.6 Å². The lowest BCUT2D eigenvalue weighted by atomic mass is 9.99. The van der Waals surface area contributed by atoms with Gasteiger partial charge in [-0.15, -0.1) is 0 Å². The lowest BCUT2D eigenvalue weighted by Crippen LogP contribution is -2.44. The summed E-state index contributed by atoms with van der Waals surface area (Å²) < 4.78 is 0. The molecule has 0 bridgehead atoms. The van der Waals surface area contributed by atoms with Crippen LogP contribution in [0.5, 0.6) is 0 Å². The normalized spacial score (nSPS) is 10.7. The van der Waals surface area contributed by atoms with Gasteiger partial charge >= 0.3 is 6.03 Å². The molecule has 0 radical (unpaired) electrons. The van der Waals surface area contributed by atoms with Crippen molar-refractivity contribution in [1.29, 1.82) is 0 Å². The van der Waals surface area contributed by atoms with Crippen molar-refractivity contribution in [3.8, 4) is 0 Å². The van der Waals surface area contributed by atoms with E-state index in [4.69, 9.17) is 0 Å². The van der Waals surface area contributed by atoms with Crippen LogP contribution in [0.4, 0.5) is 4.79 Å². The van der Waals surface area contributed by atoms with Crippen LogP contribution in [0.1, 0.15) is 31.0 Å². The van der Waals surface area contributed by atoms with Crippen molar-refractivity contribution in [2.45, 2.75) is 19.9 Å². The Bertz CT molecular complexity index is 632. The first kappa shape index (κ1) is 18.7. The Kier molecular flexibility index (Phi) is 7.16. The summed E-state index contributed by atoms with van der Waals surface area (Å²) in [6, 6.07) is 19.2. The Morgan fingerprint density at radius 1 is 0.880 bits per heavy atom. The zero-order chi connectivity index (χ0) is 18.1. The van der Waals surface area contributed by atoms with Crippen molar-refractivity contribution in [2.24, 2.45) is 5.92 Å². The van der Waals surface area contributed by atoms with Crippen LogP contribution in [0.25, 0.3) is 0 Å². The molecule has 5 nitrogen and oxygen atoms in total. The van der Waals surface area contributed by atoms with E-state index in [0.29, 0.717) is 12.5 Å². The van der Waals surface area contributed by atoms with Crippen molar-refractivity contribution < 1.29 is 9.59 Å². The van der Waals surface area contributed by atoms with Crippen molar-refractivity contribution in [2.75, 3.05) is 13.1 Å². The second-order valence-electron chi connectivity index (χ2n) is 6.29. The van der Waals surface area contributed by atoms with Gasteiger partial charge < -0.3 is 5.32 Å². The number of imide groups is 1. The molecule has 0 heterocycles. The molecule has 0 aliphatic heterocycles. The van der Waals surface area contributed by atoms with Crippen LogP contribution in [0.3, 0.4) is 0 Å². The van der Waals surface area contributed by atoms with Gasteiger partial charge in [-0.05, 0) is 17.0 Å². The van der Waals surface area contributed by atoms with E-state index in [9.17, 15) is 9.59 Å². The van der Waals surface area contributed by atoms with E-state index < -0.39 is 6.03 Å². The summed E-state index contributed by atoms with van der Waals surface area (Å²) in [7, 11) is 0. The second kappa shape index (κ2) is 9.59. The van der Waals surface area contributed by atoms with E-state index in [0.717, 1.165) is 11.1 Å². The van der Waals surface area contributed by atoms with Gasteiger partial charge in [0.25, 0.3) is 0 Å². The number of urea groups is 1. The standard InChI is InChI=1S/C20H25N3O2/c1-15(2)13-22-20(25)23-18(24)14-21-19(16-9-5-3-6-10-16)17-11-7-4-8-12-17/h3-12,15,19,21H,13-14H2,1-2H3,(H2,22,23,24,25). The number of benzene rings is 2. The minimum atomic E-state index is -0.462. The number of rotatable bonds is 7. The Morgan fingerprint density at radius 2 is 1.40 bits per heavy atom. The van der Waals surface area contributed by atoms with Crippen LogP contribution < -0.4 is 16.0 Å². The minimum Gasteiger partial charge on any atom is -0.338 e. The minimum absolute atomic E-state index is 0.0452. The van der Waals surface area contributed by atoms with E-state index >= 15 is 0 Å². The molecule has 0 aliphatic rings. The Balaban J connectivity index is 1.96. The maximum atomic E-state index is 12.0. The number of carbonyl (C=O) groups is 2. The van der Waals surface area contributed by atoms with E-state index in [1.165, 1.54) is 0 Å². The molecule has 2 aromatic rings. The molecule has 0 aromatic heterocycles. The van der Waals surface area contributed by atoms with Crippen LogP contribution >= 0.6 is 0 Å². The number of carbonyl (C=O) groups excluding carboxylic acids is 2. The molecule has 0 unspecified atom stereocenters. The van der Waals surface area contributed by atoms with Gasteiger partial charge in [0.1, 0.15) is 0 Å². The molecule has 132 valence electrons. The summed E-state index contributed by atoms with van der Waals surface area (Å²) in [6.07, 6.45) is 0. The molecule has 0 fully saturated rings. The first-order chi connectivity index (χ1) is 12.1. The van der Waals surface area contributed by atoms with Gasteiger partial charge in [0.2, 0.25) is 5.91 Å². The largest absolute Gasteiger partial charge is 0.338 e. The van der Waals surface area contributed by atoms with E-state index in [-0.39, 0.29) is 18.5 Å². The summed E-state index contributed by atoms with van der Waals surface area (Å²) in [5, 5.41) is 8.24. The third kappa shape index (κ3) is 6.39. The summed E-state index contributed by atoms with van der Waals surface area (Å²) >= 11 is 0. The van der Waals surface area contributed by atoms with Crippen molar-refractivity contribution in [1.82, 2.24) is 16.0 Å². The predicted octanol–water partition coefficient (Wildman–Crippen LogP) is 2.85. The van der Waals surface area contributed by atoms with E-state index in [2.05, 4.69) is 16.0 Å². The Labute approximate surface area is 148 Å². The molecule has 0 aliphatic carbocycles. The van der Waals surface area contributed by atoms with Crippen LogP contribution in [0.15, 0.2) is 60.7 Å². The van der Waals surface area contributed by atoms with Crippen molar-refractivity contribution in [3.05, 3.63) is 71.8 Å². The maximum Gasteiger partial charge on any atom is 0.321 e. The highest BCUT2D eigenvalue weighted by molar-refractivity contribution is 5.95. The Morgan fingerprint density at radius 3 is 1.88 bits per heavy atom. The molecule has 0 spiro atoms. The van der Waals surface area contributed by atoms with Crippen LogP contribution in [-0.2, 0) is 4.79 Å². The topological polar surface area (TPSA) is 70.2 Å². The fourth-order valence-electron chi connectivity index (χ4n) is 2.43. The van der Waals surface area contributed by atoms with Gasteiger partial charge in [-0.1, -0.05) is 74.5 Å². The first-order valence-corrected chi connectivity index (χ1v) is 8.47. The fourth-order valence-corrected chi connectivity index (χ4v) is 2.43. The molecular weight excluding hydrogens is 314 g/mol. The quantitative estimate of drug-likeness (QED) is 0.726. The third-order valence-electron chi connectivity index (χ3n) is 3.66. The monoisotopic (exact) mass is 339 g/mol. The number of amides is 3. The lowest BCUT2D eigenvalue weighted by Gasteiger charge is -2.19. The average Bonchev–Trinajstić information content (AvgIpc) is 2.62. The number of hydrogen-bond donors (Lipinski definition) is 3. The molecule has 3 amide bonds. The highest BCUT2D eigenvalue weighted by Crippen LogP contribution is 2.21. The molecule has 0 saturated heterocycles. The van der Waals surface area contributed by atoms with Crippen LogP contribution in [0.2, 0.25) is 0 Å². The van der Waals surface area contributed by atoms with Gasteiger partial charge in [-0.25, -0.2) is 4.79 Å². The molecule has 0 saturated carbocycles. The third-order valence-corrected chi connectivity index (χ3v) is 3.66. The Hall–Kier alpha value is -2.66. The summed E-state index contributed by atoms with van der Waals surface area (Å²) in [6.45, 7) is 4.56. The molecule has 0 atom stereocenters. The number of hydrogen-bond acceptors (Lipinski definition) is 3. The smallest absolute Gasteiger partial charge is 0.321 e. The highest BCUT2D eigenvalue weighted by atomic mass is 16.2. The van der Waals surface area contributed by atoms with Crippen molar-refractivity contribution in [3.63, 3.8) is 0 Å². The summed E-state index contributed by atoms with van der Waals surface area (Å²) in [4.78, 5) is 23.7. The molecule has 5 heteroatoms. The summed E-state index contributed by atoms with van der Waals surface area (Å²) in [5.74, 6) is -0.0300. The zero-order valence-corrected chi connectivity index (χ0v) is 14.7. The number of nitrogens with one attached hydrogen (secondary N) is 3.